The van der Waals surface area contributed by atoms with Gasteiger partial charge in [-0.2, -0.15) is 0 Å². The third kappa shape index (κ3) is 5.96. The molecule has 0 amide bonds. The van der Waals surface area contributed by atoms with E-state index in [1.54, 1.807) is 14.2 Å². The van der Waals surface area contributed by atoms with Crippen molar-refractivity contribution in [2.24, 2.45) is 0 Å². The molecule has 3 nitrogen and oxygen atoms in total. The summed E-state index contributed by atoms with van der Waals surface area (Å²) in [5, 5.41) is 3.41. The van der Waals surface area contributed by atoms with Crippen molar-refractivity contribution in [1.29, 1.82) is 0 Å². The van der Waals surface area contributed by atoms with Crippen LogP contribution in [-0.2, 0) is 4.74 Å². The summed E-state index contributed by atoms with van der Waals surface area (Å²) in [5.74, 6) is 1.96. The fourth-order valence-corrected chi connectivity index (χ4v) is 2.24. The van der Waals surface area contributed by atoms with Crippen LogP contribution in [-0.4, -0.2) is 39.2 Å². The summed E-state index contributed by atoms with van der Waals surface area (Å²) in [7, 11) is 3.41. The molecule has 0 spiro atoms. The van der Waals surface area contributed by atoms with Gasteiger partial charge in [-0.3, -0.25) is 0 Å². The zero-order chi connectivity index (χ0) is 12.5. The summed E-state index contributed by atoms with van der Waals surface area (Å²) >= 11 is 1.84. The van der Waals surface area contributed by atoms with E-state index in [-0.39, 0.29) is 0 Å². The Hall–Kier alpha value is -0.710. The zero-order valence-corrected chi connectivity index (χ0v) is 11.5. The van der Waals surface area contributed by atoms with Gasteiger partial charge in [0.1, 0.15) is 5.75 Å². The van der Waals surface area contributed by atoms with Gasteiger partial charge in [0.25, 0.3) is 0 Å². The van der Waals surface area contributed by atoms with E-state index in [2.05, 4.69) is 24.4 Å². The topological polar surface area (TPSA) is 30.5 Å². The Morgan fingerprint density at radius 1 is 1.24 bits per heavy atom. The van der Waals surface area contributed by atoms with Crippen molar-refractivity contribution in [3.63, 3.8) is 0 Å². The molecule has 17 heavy (non-hydrogen) atoms. The highest BCUT2D eigenvalue weighted by atomic mass is 32.2. The van der Waals surface area contributed by atoms with Gasteiger partial charge in [0.15, 0.2) is 0 Å². The summed E-state index contributed by atoms with van der Waals surface area (Å²) < 4.78 is 10.2. The average molecular weight is 255 g/mol. The van der Waals surface area contributed by atoms with Crippen LogP contribution < -0.4 is 10.1 Å². The first-order chi connectivity index (χ1) is 8.26. The standard InChI is InChI=1S/C13H21NO2S/c1-11(10-15-2)14-8-9-17-13-6-4-12(16-3)5-7-13/h4-7,11,14H,8-10H2,1-3H3. The zero-order valence-electron chi connectivity index (χ0n) is 10.7. The first kappa shape index (κ1) is 14.4. The average Bonchev–Trinajstić information content (AvgIpc) is 2.36. The first-order valence-corrected chi connectivity index (χ1v) is 6.74. The molecule has 1 rings (SSSR count). The Morgan fingerprint density at radius 2 is 1.94 bits per heavy atom. The predicted molar refractivity (Wildman–Crippen MR) is 73.1 cm³/mol. The number of hydrogen-bond acceptors (Lipinski definition) is 4. The van der Waals surface area contributed by atoms with Crippen LogP contribution in [0.3, 0.4) is 0 Å². The van der Waals surface area contributed by atoms with Gasteiger partial charge in [-0.05, 0) is 31.2 Å². The largest absolute Gasteiger partial charge is 0.497 e. The Morgan fingerprint density at radius 3 is 2.53 bits per heavy atom. The van der Waals surface area contributed by atoms with Crippen molar-refractivity contribution < 1.29 is 9.47 Å². The molecule has 0 saturated carbocycles. The summed E-state index contributed by atoms with van der Waals surface area (Å²) in [5.41, 5.74) is 0. The number of ether oxygens (including phenoxy) is 2. The van der Waals surface area contributed by atoms with Crippen LogP contribution >= 0.6 is 11.8 Å². The van der Waals surface area contributed by atoms with Gasteiger partial charge in [-0.25, -0.2) is 0 Å². The molecule has 4 heteroatoms. The highest BCUT2D eigenvalue weighted by Crippen LogP contribution is 2.20. The van der Waals surface area contributed by atoms with Gasteiger partial charge in [-0.15, -0.1) is 11.8 Å². The molecule has 1 N–H and O–H groups in total. The maximum atomic E-state index is 5.12. The molecule has 0 aromatic heterocycles. The van der Waals surface area contributed by atoms with E-state index in [1.165, 1.54) is 4.90 Å². The Kier molecular flexibility index (Phi) is 7.08. The second kappa shape index (κ2) is 8.39. The number of methoxy groups -OCH3 is 2. The van der Waals surface area contributed by atoms with Crippen molar-refractivity contribution in [3.05, 3.63) is 24.3 Å². The quantitative estimate of drug-likeness (QED) is 0.571. The lowest BCUT2D eigenvalue weighted by molar-refractivity contribution is 0.173. The van der Waals surface area contributed by atoms with E-state index >= 15 is 0 Å². The molecule has 1 aromatic carbocycles. The third-order valence-electron chi connectivity index (χ3n) is 2.34. The van der Waals surface area contributed by atoms with E-state index in [1.807, 2.05) is 23.9 Å². The van der Waals surface area contributed by atoms with Crippen molar-refractivity contribution in [3.8, 4) is 5.75 Å². The van der Waals surface area contributed by atoms with Gasteiger partial charge in [0.2, 0.25) is 0 Å². The highest BCUT2D eigenvalue weighted by molar-refractivity contribution is 7.99. The van der Waals surface area contributed by atoms with Crippen LogP contribution in [0.25, 0.3) is 0 Å². The number of benzene rings is 1. The number of nitrogens with one attached hydrogen (secondary N) is 1. The Balaban J connectivity index is 2.17. The fourth-order valence-electron chi connectivity index (χ4n) is 1.46. The van der Waals surface area contributed by atoms with Gasteiger partial charge in [-0.1, -0.05) is 0 Å². The third-order valence-corrected chi connectivity index (χ3v) is 3.35. The minimum Gasteiger partial charge on any atom is -0.497 e. The molecule has 96 valence electrons. The summed E-state index contributed by atoms with van der Waals surface area (Å²) in [6.07, 6.45) is 0. The minimum atomic E-state index is 0.413. The van der Waals surface area contributed by atoms with E-state index in [0.717, 1.165) is 24.7 Å². The SMILES string of the molecule is COCC(C)NCCSc1ccc(OC)cc1. The van der Waals surface area contributed by atoms with Gasteiger partial charge < -0.3 is 14.8 Å². The highest BCUT2D eigenvalue weighted by Gasteiger charge is 2.00. The molecule has 0 radical (unpaired) electrons. The molecule has 1 atom stereocenters. The predicted octanol–water partition coefficient (Wildman–Crippen LogP) is 2.41. The van der Waals surface area contributed by atoms with Crippen LogP contribution in [0.2, 0.25) is 0 Å². The normalized spacial score (nSPS) is 12.4. The Bertz CT molecular complexity index is 303. The second-order valence-electron chi connectivity index (χ2n) is 3.83. The number of rotatable bonds is 8. The molecule has 1 aromatic rings. The molecule has 1 unspecified atom stereocenters. The van der Waals surface area contributed by atoms with Crippen molar-refractivity contribution in [2.75, 3.05) is 33.1 Å². The lowest BCUT2D eigenvalue weighted by Crippen LogP contribution is -2.31. The molecule has 0 heterocycles. The molecule has 0 saturated heterocycles. The first-order valence-electron chi connectivity index (χ1n) is 5.75. The molecular weight excluding hydrogens is 234 g/mol. The van der Waals surface area contributed by atoms with Gasteiger partial charge in [0.05, 0.1) is 13.7 Å². The van der Waals surface area contributed by atoms with E-state index in [4.69, 9.17) is 9.47 Å². The molecular formula is C13H21NO2S. The maximum Gasteiger partial charge on any atom is 0.118 e. The molecule has 0 aliphatic carbocycles. The number of thioether (sulfide) groups is 1. The van der Waals surface area contributed by atoms with E-state index in [0.29, 0.717) is 6.04 Å². The Labute approximate surface area is 108 Å². The molecule has 0 fully saturated rings. The minimum absolute atomic E-state index is 0.413. The smallest absolute Gasteiger partial charge is 0.118 e. The molecule has 0 bridgehead atoms. The summed E-state index contributed by atoms with van der Waals surface area (Å²) in [4.78, 5) is 1.27. The summed E-state index contributed by atoms with van der Waals surface area (Å²) in [6, 6.07) is 8.56. The maximum absolute atomic E-state index is 5.12. The van der Waals surface area contributed by atoms with Gasteiger partial charge in [0, 0.05) is 30.3 Å². The van der Waals surface area contributed by atoms with Crippen LogP contribution in [0.4, 0.5) is 0 Å². The van der Waals surface area contributed by atoms with Crippen molar-refractivity contribution >= 4 is 11.8 Å². The van der Waals surface area contributed by atoms with Crippen LogP contribution in [0.15, 0.2) is 29.2 Å². The second-order valence-corrected chi connectivity index (χ2v) is 5.00. The fraction of sp³-hybridized carbons (Fsp3) is 0.538. The lowest BCUT2D eigenvalue weighted by Gasteiger charge is -2.12. The molecule has 0 aliphatic rings. The van der Waals surface area contributed by atoms with Crippen LogP contribution in [0, 0.1) is 0 Å². The monoisotopic (exact) mass is 255 g/mol. The van der Waals surface area contributed by atoms with Crippen molar-refractivity contribution in [2.45, 2.75) is 17.9 Å². The lowest BCUT2D eigenvalue weighted by atomic mass is 10.3. The molecule has 0 aliphatic heterocycles. The van der Waals surface area contributed by atoms with E-state index in [9.17, 15) is 0 Å². The van der Waals surface area contributed by atoms with Crippen LogP contribution in [0.1, 0.15) is 6.92 Å². The van der Waals surface area contributed by atoms with Gasteiger partial charge >= 0.3 is 0 Å². The van der Waals surface area contributed by atoms with E-state index < -0.39 is 0 Å². The summed E-state index contributed by atoms with van der Waals surface area (Å²) in [6.45, 7) is 3.87. The van der Waals surface area contributed by atoms with Crippen LogP contribution in [0.5, 0.6) is 5.75 Å². The number of hydrogen-bond donors (Lipinski definition) is 1. The van der Waals surface area contributed by atoms with Crippen molar-refractivity contribution in [1.82, 2.24) is 5.32 Å².